The molecule has 0 radical (unpaired) electrons. The molecule has 1 saturated heterocycles. The second-order valence-corrected chi connectivity index (χ2v) is 12.2. The number of hydrogen-bond acceptors (Lipinski definition) is 8. The molecule has 0 spiro atoms. The number of sulfonamides is 1. The van der Waals surface area contributed by atoms with Crippen LogP contribution in [0.25, 0.3) is 10.7 Å². The van der Waals surface area contributed by atoms with Crippen molar-refractivity contribution in [3.63, 3.8) is 0 Å². The summed E-state index contributed by atoms with van der Waals surface area (Å²) < 4.78 is 39.1. The summed E-state index contributed by atoms with van der Waals surface area (Å²) in [5, 5.41) is 6.97. The van der Waals surface area contributed by atoms with E-state index in [-0.39, 0.29) is 17.3 Å². The van der Waals surface area contributed by atoms with E-state index in [1.54, 1.807) is 44.4 Å². The number of hydrogen-bond donors (Lipinski definition) is 1. The van der Waals surface area contributed by atoms with Crippen LogP contribution in [0.15, 0.2) is 39.8 Å². The van der Waals surface area contributed by atoms with Gasteiger partial charge >= 0.3 is 0 Å². The fourth-order valence-corrected chi connectivity index (χ4v) is 7.46. The Morgan fingerprint density at radius 3 is 2.80 bits per heavy atom. The number of nitrogens with zero attached hydrogens (tertiary/aromatic N) is 3. The summed E-state index contributed by atoms with van der Waals surface area (Å²) in [6.07, 6.45) is 4.50. The lowest BCUT2D eigenvalue weighted by Gasteiger charge is -2.31. The molecule has 1 atom stereocenters. The highest BCUT2D eigenvalue weighted by Crippen LogP contribution is 2.38. The van der Waals surface area contributed by atoms with Crippen LogP contribution >= 0.6 is 11.3 Å². The highest BCUT2D eigenvalue weighted by molar-refractivity contribution is 7.89. The van der Waals surface area contributed by atoms with E-state index in [0.717, 1.165) is 19.3 Å². The summed E-state index contributed by atoms with van der Waals surface area (Å²) in [7, 11) is -2.21. The largest absolute Gasteiger partial charge is 0.497 e. The van der Waals surface area contributed by atoms with E-state index in [9.17, 15) is 13.2 Å². The second kappa shape index (κ2) is 9.71. The average molecular weight is 517 g/mol. The van der Waals surface area contributed by atoms with Gasteiger partial charge in [-0.25, -0.2) is 8.42 Å². The standard InChI is InChI=1S/C24H28N4O5S2/c1-15-21(13-20(34-15)22-26-24(33-27-22)16-6-3-7-16)35(30,31)28-11-5-8-17(14-28)23(29)25-18-9-4-10-19(12-18)32-2/h4,9-10,12-13,16-17H,3,5-8,11,14H2,1-2H3,(H,25,29). The van der Waals surface area contributed by atoms with Crippen LogP contribution in [0, 0.1) is 12.8 Å². The van der Waals surface area contributed by atoms with Gasteiger partial charge in [-0.15, -0.1) is 11.3 Å². The summed E-state index contributed by atoms with van der Waals surface area (Å²) in [6.45, 7) is 2.30. The number of aromatic nitrogens is 2. The predicted molar refractivity (Wildman–Crippen MR) is 132 cm³/mol. The van der Waals surface area contributed by atoms with Gasteiger partial charge in [0.2, 0.25) is 27.6 Å². The average Bonchev–Trinajstić information content (AvgIpc) is 3.45. The van der Waals surface area contributed by atoms with Gasteiger partial charge in [-0.3, -0.25) is 4.79 Å². The third kappa shape index (κ3) is 4.85. The summed E-state index contributed by atoms with van der Waals surface area (Å²) in [5.74, 6) is 1.37. The van der Waals surface area contributed by atoms with Crippen molar-refractivity contribution in [1.82, 2.24) is 14.4 Å². The smallest absolute Gasteiger partial charge is 0.244 e. The van der Waals surface area contributed by atoms with Gasteiger partial charge in [-0.1, -0.05) is 17.6 Å². The molecule has 1 aromatic carbocycles. The number of aryl methyl sites for hydroxylation is 1. The van der Waals surface area contributed by atoms with Gasteiger partial charge in [0.05, 0.1) is 22.8 Å². The molecule has 2 aliphatic rings. The molecule has 3 aromatic rings. The molecule has 35 heavy (non-hydrogen) atoms. The Hall–Kier alpha value is -2.76. The molecular weight excluding hydrogens is 488 g/mol. The third-order valence-corrected chi connectivity index (χ3v) is 9.87. The van der Waals surface area contributed by atoms with Gasteiger partial charge in [0.25, 0.3) is 0 Å². The van der Waals surface area contributed by atoms with Gasteiger partial charge in [-0.05, 0) is 50.8 Å². The highest BCUT2D eigenvalue weighted by Gasteiger charge is 2.35. The molecule has 3 heterocycles. The van der Waals surface area contributed by atoms with E-state index in [2.05, 4.69) is 15.5 Å². The van der Waals surface area contributed by atoms with Crippen molar-refractivity contribution in [3.05, 3.63) is 41.1 Å². The van der Waals surface area contributed by atoms with Gasteiger partial charge in [-0.2, -0.15) is 9.29 Å². The Morgan fingerprint density at radius 2 is 2.06 bits per heavy atom. The SMILES string of the molecule is COc1cccc(NC(=O)C2CCCN(S(=O)(=O)c3cc(-c4noc(C5CCC5)n4)sc3C)C2)c1. The zero-order chi connectivity index (χ0) is 24.6. The number of anilines is 1. The lowest BCUT2D eigenvalue weighted by molar-refractivity contribution is -0.120. The molecule has 1 saturated carbocycles. The molecular formula is C24H28N4O5S2. The van der Waals surface area contributed by atoms with Crippen LogP contribution in [-0.4, -0.2) is 49.0 Å². The minimum absolute atomic E-state index is 0.136. The topological polar surface area (TPSA) is 115 Å². The number of piperidine rings is 1. The molecule has 9 nitrogen and oxygen atoms in total. The fourth-order valence-electron chi connectivity index (χ4n) is 4.45. The number of benzene rings is 1. The van der Waals surface area contributed by atoms with Crippen LogP contribution in [0.5, 0.6) is 5.75 Å². The van der Waals surface area contributed by atoms with Crippen molar-refractivity contribution < 1.29 is 22.5 Å². The van der Waals surface area contributed by atoms with Crippen LogP contribution in [0.4, 0.5) is 5.69 Å². The van der Waals surface area contributed by atoms with Crippen LogP contribution in [0.1, 0.15) is 48.8 Å². The van der Waals surface area contributed by atoms with Gasteiger partial charge in [0.15, 0.2) is 0 Å². The zero-order valence-corrected chi connectivity index (χ0v) is 21.3. The molecule has 186 valence electrons. The van der Waals surface area contributed by atoms with Crippen molar-refractivity contribution in [1.29, 1.82) is 0 Å². The maximum absolute atomic E-state index is 13.6. The first-order valence-electron chi connectivity index (χ1n) is 11.7. The van der Waals surface area contributed by atoms with E-state index in [1.807, 2.05) is 0 Å². The van der Waals surface area contributed by atoms with Crippen LogP contribution in [0.2, 0.25) is 0 Å². The minimum Gasteiger partial charge on any atom is -0.497 e. The number of amides is 1. The third-order valence-electron chi connectivity index (χ3n) is 6.70. The number of carbonyl (C=O) groups excluding carboxylic acids is 1. The molecule has 1 unspecified atom stereocenters. The molecule has 1 amide bonds. The number of thiophene rings is 1. The van der Waals surface area contributed by atoms with E-state index < -0.39 is 15.9 Å². The van der Waals surface area contributed by atoms with Crippen molar-refractivity contribution in [2.75, 3.05) is 25.5 Å². The molecule has 2 aromatic heterocycles. The maximum atomic E-state index is 13.6. The number of methoxy groups -OCH3 is 1. The molecule has 2 fully saturated rings. The zero-order valence-electron chi connectivity index (χ0n) is 19.7. The molecule has 1 aliphatic carbocycles. The van der Waals surface area contributed by atoms with Gasteiger partial charge in [0, 0.05) is 35.6 Å². The number of nitrogens with one attached hydrogen (secondary N) is 1. The molecule has 0 bridgehead atoms. The maximum Gasteiger partial charge on any atom is 0.244 e. The fraction of sp³-hybridized carbons (Fsp3) is 0.458. The van der Waals surface area contributed by atoms with Gasteiger partial charge < -0.3 is 14.6 Å². The summed E-state index contributed by atoms with van der Waals surface area (Å²) >= 11 is 1.34. The summed E-state index contributed by atoms with van der Waals surface area (Å²) in [6, 6.07) is 8.74. The van der Waals surface area contributed by atoms with Crippen LogP contribution < -0.4 is 10.1 Å². The second-order valence-electron chi connectivity index (χ2n) is 9.04. The Balaban J connectivity index is 1.31. The van der Waals surface area contributed by atoms with E-state index in [0.29, 0.717) is 58.2 Å². The van der Waals surface area contributed by atoms with E-state index in [1.165, 1.54) is 15.6 Å². The lowest BCUT2D eigenvalue weighted by atomic mass is 9.85. The lowest BCUT2D eigenvalue weighted by Crippen LogP contribution is -2.43. The Bertz CT molecular complexity index is 1330. The Labute approximate surface area is 208 Å². The molecule has 1 aliphatic heterocycles. The van der Waals surface area contributed by atoms with Gasteiger partial charge in [0.1, 0.15) is 5.75 Å². The van der Waals surface area contributed by atoms with Crippen molar-refractivity contribution in [3.8, 4) is 16.5 Å². The highest BCUT2D eigenvalue weighted by atomic mass is 32.2. The van der Waals surface area contributed by atoms with E-state index >= 15 is 0 Å². The minimum atomic E-state index is -3.78. The Kier molecular flexibility index (Phi) is 6.65. The van der Waals surface area contributed by atoms with Crippen molar-refractivity contribution >= 4 is 33.0 Å². The summed E-state index contributed by atoms with van der Waals surface area (Å²) in [5.41, 5.74) is 0.619. The summed E-state index contributed by atoms with van der Waals surface area (Å²) in [4.78, 5) is 19.0. The first-order chi connectivity index (χ1) is 16.8. The van der Waals surface area contributed by atoms with E-state index in [4.69, 9.17) is 9.26 Å². The predicted octanol–water partition coefficient (Wildman–Crippen LogP) is 4.42. The monoisotopic (exact) mass is 516 g/mol. The number of rotatable bonds is 7. The molecule has 1 N–H and O–H groups in total. The number of carbonyl (C=O) groups is 1. The first kappa shape index (κ1) is 24.0. The first-order valence-corrected chi connectivity index (χ1v) is 14.0. The molecule has 5 rings (SSSR count). The normalized spacial score (nSPS) is 19.3. The van der Waals surface area contributed by atoms with Crippen LogP contribution in [-0.2, 0) is 14.8 Å². The van der Waals surface area contributed by atoms with Crippen molar-refractivity contribution in [2.24, 2.45) is 5.92 Å². The molecule has 11 heteroatoms. The quantitative estimate of drug-likeness (QED) is 0.494. The Morgan fingerprint density at radius 1 is 1.23 bits per heavy atom. The van der Waals surface area contributed by atoms with Crippen molar-refractivity contribution in [2.45, 2.75) is 49.8 Å². The van der Waals surface area contributed by atoms with Crippen LogP contribution in [0.3, 0.4) is 0 Å². The number of ether oxygens (including phenoxy) is 1.